The molecule has 0 bridgehead atoms. The maximum atomic E-state index is 12.2. The lowest BCUT2D eigenvalue weighted by Crippen LogP contribution is -2.63. The molecule has 1 aliphatic heterocycles. The second kappa shape index (κ2) is 9.74. The van der Waals surface area contributed by atoms with E-state index in [0.717, 1.165) is 44.3 Å². The Hall–Kier alpha value is -3.20. The van der Waals surface area contributed by atoms with Crippen LogP contribution in [-0.4, -0.2) is 58.0 Å². The number of likely N-dealkylation sites (tertiary alicyclic amines) is 1. The zero-order chi connectivity index (χ0) is 23.5. The number of nitrogens with one attached hydrogen (secondary N) is 3. The number of hydrogen-bond donors (Lipinski definition) is 3. The van der Waals surface area contributed by atoms with Crippen LogP contribution in [-0.2, 0) is 11.8 Å². The van der Waals surface area contributed by atoms with Crippen LogP contribution in [0.2, 0.25) is 0 Å². The largest absolute Gasteiger partial charge is 0.349 e. The van der Waals surface area contributed by atoms with E-state index in [1.807, 2.05) is 19.1 Å². The number of benzene rings is 1. The van der Waals surface area contributed by atoms with Crippen molar-refractivity contribution in [1.29, 1.82) is 0 Å². The summed E-state index contributed by atoms with van der Waals surface area (Å²) < 4.78 is 1.43. The van der Waals surface area contributed by atoms with E-state index < -0.39 is 0 Å². The summed E-state index contributed by atoms with van der Waals surface area (Å²) in [6, 6.07) is 7.80. The molecule has 1 aromatic heterocycles. The molecule has 0 spiro atoms. The summed E-state index contributed by atoms with van der Waals surface area (Å²) in [5.74, 6) is -0.262. The number of rotatable bonds is 6. The minimum absolute atomic E-state index is 0.0392. The lowest BCUT2D eigenvalue weighted by molar-refractivity contribution is -0.122. The summed E-state index contributed by atoms with van der Waals surface area (Å²) in [4.78, 5) is 52.9. The van der Waals surface area contributed by atoms with E-state index in [2.05, 4.69) is 20.5 Å². The minimum atomic E-state index is -0.388. The van der Waals surface area contributed by atoms with Crippen molar-refractivity contribution in [2.75, 3.05) is 19.6 Å². The molecule has 9 heteroatoms. The van der Waals surface area contributed by atoms with Gasteiger partial charge in [0.15, 0.2) is 0 Å². The van der Waals surface area contributed by atoms with Crippen molar-refractivity contribution in [3.8, 4) is 0 Å². The van der Waals surface area contributed by atoms with E-state index in [9.17, 15) is 19.2 Å². The topological polar surface area (TPSA) is 116 Å². The van der Waals surface area contributed by atoms with Crippen molar-refractivity contribution >= 4 is 11.8 Å². The van der Waals surface area contributed by atoms with E-state index in [0.29, 0.717) is 17.2 Å². The Balaban J connectivity index is 1.18. The average molecular weight is 454 g/mol. The molecule has 2 amide bonds. The van der Waals surface area contributed by atoms with Crippen LogP contribution >= 0.6 is 0 Å². The molecule has 1 aromatic carbocycles. The third-order valence-corrected chi connectivity index (χ3v) is 6.75. The second-order valence-corrected chi connectivity index (χ2v) is 9.23. The van der Waals surface area contributed by atoms with Gasteiger partial charge < -0.3 is 15.2 Å². The number of carbonyl (C=O) groups excluding carboxylic acids is 2. The van der Waals surface area contributed by atoms with Crippen LogP contribution < -0.4 is 21.9 Å². The van der Waals surface area contributed by atoms with Crippen molar-refractivity contribution in [2.24, 2.45) is 7.05 Å². The highest BCUT2D eigenvalue weighted by Gasteiger charge is 2.35. The normalized spacial score (nSPS) is 21.3. The van der Waals surface area contributed by atoms with Crippen molar-refractivity contribution in [3.63, 3.8) is 0 Å². The Morgan fingerprint density at radius 2 is 1.85 bits per heavy atom. The predicted octanol–water partition coefficient (Wildman–Crippen LogP) is 0.639. The predicted molar refractivity (Wildman–Crippen MR) is 124 cm³/mol. The number of aromatic amines is 1. The number of amides is 2. The van der Waals surface area contributed by atoms with Gasteiger partial charge in [-0.15, -0.1) is 0 Å². The molecule has 9 nitrogen and oxygen atoms in total. The highest BCUT2D eigenvalue weighted by atomic mass is 16.2. The molecule has 2 heterocycles. The van der Waals surface area contributed by atoms with E-state index in [-0.39, 0.29) is 41.6 Å². The van der Waals surface area contributed by atoms with E-state index in [1.54, 1.807) is 25.4 Å². The minimum Gasteiger partial charge on any atom is -0.349 e. The van der Waals surface area contributed by atoms with Crippen LogP contribution in [0.4, 0.5) is 0 Å². The molecule has 3 N–H and O–H groups in total. The Morgan fingerprint density at radius 1 is 1.12 bits per heavy atom. The van der Waals surface area contributed by atoms with Gasteiger partial charge in [-0.2, -0.15) is 0 Å². The first-order valence-corrected chi connectivity index (χ1v) is 11.5. The number of aromatic nitrogens is 2. The van der Waals surface area contributed by atoms with Crippen molar-refractivity contribution in [1.82, 2.24) is 25.1 Å². The number of aryl methyl sites for hydroxylation is 2. The van der Waals surface area contributed by atoms with Crippen LogP contribution in [0, 0.1) is 6.92 Å². The summed E-state index contributed by atoms with van der Waals surface area (Å²) in [6.45, 7) is 3.48. The lowest BCUT2D eigenvalue weighted by Gasteiger charge is -2.46. The van der Waals surface area contributed by atoms with Gasteiger partial charge in [0.1, 0.15) is 0 Å². The molecule has 4 rings (SSSR count). The molecule has 0 unspecified atom stereocenters. The van der Waals surface area contributed by atoms with Gasteiger partial charge in [0, 0.05) is 43.5 Å². The highest BCUT2D eigenvalue weighted by molar-refractivity contribution is 5.96. The third kappa shape index (κ3) is 5.42. The van der Waals surface area contributed by atoms with Crippen LogP contribution in [0.25, 0.3) is 0 Å². The van der Waals surface area contributed by atoms with Crippen molar-refractivity contribution in [2.45, 2.75) is 50.6 Å². The van der Waals surface area contributed by atoms with Gasteiger partial charge in [0.05, 0.1) is 12.6 Å². The van der Waals surface area contributed by atoms with Gasteiger partial charge in [0.2, 0.25) is 5.91 Å². The lowest BCUT2D eigenvalue weighted by atomic mass is 9.81. The summed E-state index contributed by atoms with van der Waals surface area (Å²) in [5, 5.41) is 5.66. The zero-order valence-corrected chi connectivity index (χ0v) is 19.1. The van der Waals surface area contributed by atoms with Gasteiger partial charge in [-0.25, -0.2) is 4.79 Å². The number of H-pyrrole nitrogens is 1. The van der Waals surface area contributed by atoms with Crippen LogP contribution in [0.1, 0.15) is 53.1 Å². The summed E-state index contributed by atoms with van der Waals surface area (Å²) in [7, 11) is 1.65. The molecule has 2 aromatic rings. The third-order valence-electron chi connectivity index (χ3n) is 6.75. The molecular weight excluding hydrogens is 422 g/mol. The molecule has 0 radical (unpaired) electrons. The smallest absolute Gasteiger partial charge is 0.328 e. The van der Waals surface area contributed by atoms with Gasteiger partial charge >= 0.3 is 5.69 Å². The molecule has 1 aliphatic carbocycles. The fraction of sp³-hybridized carbons (Fsp3) is 0.500. The molecule has 2 aliphatic rings. The fourth-order valence-electron chi connectivity index (χ4n) is 4.86. The van der Waals surface area contributed by atoms with Gasteiger partial charge in [-0.05, 0) is 50.7 Å². The molecule has 0 atom stereocenters. The number of carbonyl (C=O) groups is 2. The highest BCUT2D eigenvalue weighted by Crippen LogP contribution is 2.34. The fourth-order valence-corrected chi connectivity index (χ4v) is 4.86. The average Bonchev–Trinajstić information content (AvgIpc) is 2.77. The SMILES string of the molecule is Cc1cccc(C(=O)NCC(=O)NC2CN(C3CCC(c4cn(C)c(=O)[nH]c4=O)CC3)C2)c1. The maximum absolute atomic E-state index is 12.2. The van der Waals surface area contributed by atoms with Gasteiger partial charge in [-0.1, -0.05) is 17.7 Å². The van der Waals surface area contributed by atoms with Crippen molar-refractivity contribution < 1.29 is 9.59 Å². The quantitative estimate of drug-likeness (QED) is 0.594. The Morgan fingerprint density at radius 3 is 2.55 bits per heavy atom. The number of hydrogen-bond acceptors (Lipinski definition) is 5. The van der Waals surface area contributed by atoms with Crippen LogP contribution in [0.15, 0.2) is 40.1 Å². The Labute approximate surface area is 192 Å². The first-order chi connectivity index (χ1) is 15.8. The Kier molecular flexibility index (Phi) is 6.78. The summed E-state index contributed by atoms with van der Waals surface area (Å²) in [6.07, 6.45) is 5.45. The Bertz CT molecular complexity index is 1140. The van der Waals surface area contributed by atoms with Crippen LogP contribution in [0.3, 0.4) is 0 Å². The summed E-state index contributed by atoms with van der Waals surface area (Å²) in [5.41, 5.74) is 1.57. The maximum Gasteiger partial charge on any atom is 0.328 e. The van der Waals surface area contributed by atoms with E-state index >= 15 is 0 Å². The molecule has 2 fully saturated rings. The first kappa shape index (κ1) is 23.0. The molecule has 1 saturated carbocycles. The van der Waals surface area contributed by atoms with Gasteiger partial charge in [0.25, 0.3) is 11.5 Å². The van der Waals surface area contributed by atoms with E-state index in [1.165, 1.54) is 4.57 Å². The van der Waals surface area contributed by atoms with Gasteiger partial charge in [-0.3, -0.25) is 24.3 Å². The molecule has 176 valence electrons. The summed E-state index contributed by atoms with van der Waals surface area (Å²) >= 11 is 0. The first-order valence-electron chi connectivity index (χ1n) is 11.5. The second-order valence-electron chi connectivity index (χ2n) is 9.23. The van der Waals surface area contributed by atoms with Crippen molar-refractivity contribution in [3.05, 3.63) is 68.0 Å². The molecule has 33 heavy (non-hydrogen) atoms. The molecule has 1 saturated heterocycles. The van der Waals surface area contributed by atoms with E-state index in [4.69, 9.17) is 0 Å². The number of nitrogens with zero attached hydrogens (tertiary/aromatic N) is 2. The monoisotopic (exact) mass is 453 g/mol. The van der Waals surface area contributed by atoms with Crippen LogP contribution in [0.5, 0.6) is 0 Å². The molecular formula is C24H31N5O4. The standard InChI is InChI=1S/C24H31N5O4/c1-15-4-3-5-17(10-15)22(31)25-11-21(30)26-18-12-29(13-18)19-8-6-16(7-9-19)20-14-28(2)24(33)27-23(20)32/h3-5,10,14,16,18-19H,6-9,11-13H2,1-2H3,(H,25,31)(H,26,30)(H,27,32,33). The zero-order valence-electron chi connectivity index (χ0n) is 19.1.